The summed E-state index contributed by atoms with van der Waals surface area (Å²) in [6.07, 6.45) is 4.77. The van der Waals surface area contributed by atoms with Gasteiger partial charge in [0.05, 0.1) is 12.5 Å². The topological polar surface area (TPSA) is 83.1 Å². The molecular formula is C15H23N5O2. The number of H-pyrrole nitrogens is 1. The fourth-order valence-corrected chi connectivity index (χ4v) is 2.79. The van der Waals surface area contributed by atoms with Crippen LogP contribution in [0.3, 0.4) is 0 Å². The molecule has 0 saturated carbocycles. The van der Waals surface area contributed by atoms with Gasteiger partial charge in [-0.1, -0.05) is 6.92 Å². The number of rotatable bonds is 3. The van der Waals surface area contributed by atoms with Crippen LogP contribution < -0.4 is 10.2 Å². The van der Waals surface area contributed by atoms with Crippen molar-refractivity contribution in [2.24, 2.45) is 5.92 Å². The van der Waals surface area contributed by atoms with Crippen molar-refractivity contribution >= 4 is 23.3 Å². The second kappa shape index (κ2) is 7.74. The Bertz CT molecular complexity index is 600. The normalized spacial score (nSPS) is 20.9. The SMILES string of the molecule is CC1CCNCC1N(C)c1ncnc2[nH]ccc12.COC=O. The number of likely N-dealkylation sites (N-methyl/N-ethyl adjacent to an activating group) is 1. The number of nitrogens with zero attached hydrogens (tertiary/aromatic N) is 3. The number of anilines is 1. The highest BCUT2D eigenvalue weighted by molar-refractivity contribution is 5.87. The highest BCUT2D eigenvalue weighted by atomic mass is 16.5. The van der Waals surface area contributed by atoms with Gasteiger partial charge in [0.15, 0.2) is 0 Å². The minimum Gasteiger partial charge on any atom is -0.471 e. The number of piperidine rings is 1. The Balaban J connectivity index is 0.000000396. The van der Waals surface area contributed by atoms with E-state index in [0.29, 0.717) is 18.4 Å². The molecule has 2 aromatic rings. The fourth-order valence-electron chi connectivity index (χ4n) is 2.79. The zero-order chi connectivity index (χ0) is 15.9. The van der Waals surface area contributed by atoms with E-state index in [4.69, 9.17) is 4.79 Å². The first-order valence-corrected chi connectivity index (χ1v) is 7.37. The third-order valence-corrected chi connectivity index (χ3v) is 4.05. The van der Waals surface area contributed by atoms with Crippen molar-refractivity contribution in [3.8, 4) is 0 Å². The molecule has 7 heteroatoms. The number of nitrogens with one attached hydrogen (secondary N) is 2. The van der Waals surface area contributed by atoms with E-state index in [1.54, 1.807) is 6.33 Å². The largest absolute Gasteiger partial charge is 0.471 e. The van der Waals surface area contributed by atoms with Gasteiger partial charge in [-0.25, -0.2) is 9.97 Å². The van der Waals surface area contributed by atoms with Crippen LogP contribution in [-0.4, -0.2) is 54.7 Å². The van der Waals surface area contributed by atoms with Gasteiger partial charge in [-0.05, 0) is 24.9 Å². The minimum absolute atomic E-state index is 0.375. The average Bonchev–Trinajstić information content (AvgIpc) is 3.03. The molecule has 0 radical (unpaired) electrons. The molecule has 3 rings (SSSR count). The van der Waals surface area contributed by atoms with E-state index in [-0.39, 0.29) is 0 Å². The van der Waals surface area contributed by atoms with Crippen molar-refractivity contribution in [2.75, 3.05) is 32.1 Å². The van der Waals surface area contributed by atoms with Crippen LogP contribution >= 0.6 is 0 Å². The molecule has 1 fully saturated rings. The standard InChI is InChI=1S/C13H19N5.C2H4O2/c1-9-3-5-14-7-11(9)18(2)13-10-4-6-15-12(10)16-8-17-13;1-4-2-3/h4,6,8-9,11,14H,3,5,7H2,1-2H3,(H,15,16,17);2H,1H3. The summed E-state index contributed by atoms with van der Waals surface area (Å²) in [6.45, 7) is 4.83. The highest BCUT2D eigenvalue weighted by Crippen LogP contribution is 2.26. The number of ether oxygens (including phenoxy) is 1. The lowest BCUT2D eigenvalue weighted by Gasteiger charge is -2.37. The van der Waals surface area contributed by atoms with E-state index in [1.165, 1.54) is 13.5 Å². The summed E-state index contributed by atoms with van der Waals surface area (Å²) >= 11 is 0. The Kier molecular flexibility index (Phi) is 5.71. The lowest BCUT2D eigenvalue weighted by Crippen LogP contribution is -2.49. The van der Waals surface area contributed by atoms with Crippen LogP contribution in [-0.2, 0) is 9.53 Å². The molecule has 7 nitrogen and oxygen atoms in total. The third kappa shape index (κ3) is 3.54. The van der Waals surface area contributed by atoms with Crippen LogP contribution in [0.1, 0.15) is 13.3 Å². The van der Waals surface area contributed by atoms with Crippen LogP contribution in [0.2, 0.25) is 0 Å². The Labute approximate surface area is 130 Å². The lowest BCUT2D eigenvalue weighted by molar-refractivity contribution is -0.126. The number of aromatic amines is 1. The van der Waals surface area contributed by atoms with Crippen molar-refractivity contribution < 1.29 is 9.53 Å². The van der Waals surface area contributed by atoms with Crippen molar-refractivity contribution in [3.05, 3.63) is 18.6 Å². The van der Waals surface area contributed by atoms with Crippen LogP contribution in [0, 0.1) is 5.92 Å². The van der Waals surface area contributed by atoms with E-state index in [2.05, 4.69) is 43.9 Å². The fraction of sp³-hybridized carbons (Fsp3) is 0.533. The monoisotopic (exact) mass is 305 g/mol. The number of hydrogen-bond donors (Lipinski definition) is 2. The maximum atomic E-state index is 8.95. The van der Waals surface area contributed by atoms with Gasteiger partial charge in [-0.3, -0.25) is 4.79 Å². The zero-order valence-corrected chi connectivity index (χ0v) is 13.2. The van der Waals surface area contributed by atoms with Gasteiger partial charge in [0.2, 0.25) is 0 Å². The van der Waals surface area contributed by atoms with Crippen LogP contribution in [0.4, 0.5) is 5.82 Å². The summed E-state index contributed by atoms with van der Waals surface area (Å²) in [4.78, 5) is 23.1. The van der Waals surface area contributed by atoms with Crippen LogP contribution in [0.5, 0.6) is 0 Å². The predicted octanol–water partition coefficient (Wildman–Crippen LogP) is 1.18. The summed E-state index contributed by atoms with van der Waals surface area (Å²) in [7, 11) is 3.44. The maximum absolute atomic E-state index is 8.95. The molecule has 2 atom stereocenters. The molecule has 3 heterocycles. The van der Waals surface area contributed by atoms with Crippen molar-refractivity contribution in [1.29, 1.82) is 0 Å². The Hall–Kier alpha value is -2.15. The molecule has 1 aliphatic rings. The third-order valence-electron chi connectivity index (χ3n) is 4.05. The molecule has 0 aromatic carbocycles. The number of carbonyl (C=O) groups excluding carboxylic acids is 1. The minimum atomic E-state index is 0.375. The van der Waals surface area contributed by atoms with Crippen LogP contribution in [0.15, 0.2) is 18.6 Å². The van der Waals surface area contributed by atoms with E-state index < -0.39 is 0 Å². The van der Waals surface area contributed by atoms with E-state index >= 15 is 0 Å². The van der Waals surface area contributed by atoms with Gasteiger partial charge in [0.25, 0.3) is 6.47 Å². The number of methoxy groups -OCH3 is 1. The predicted molar refractivity (Wildman–Crippen MR) is 85.8 cm³/mol. The lowest BCUT2D eigenvalue weighted by atomic mass is 9.93. The Morgan fingerprint density at radius 2 is 2.23 bits per heavy atom. The molecule has 0 spiro atoms. The van der Waals surface area contributed by atoms with Gasteiger partial charge >= 0.3 is 0 Å². The van der Waals surface area contributed by atoms with E-state index in [0.717, 1.165) is 29.9 Å². The summed E-state index contributed by atoms with van der Waals surface area (Å²) in [5.41, 5.74) is 0.906. The first-order chi connectivity index (χ1) is 10.7. The van der Waals surface area contributed by atoms with Crippen LogP contribution in [0.25, 0.3) is 11.0 Å². The van der Waals surface area contributed by atoms with Gasteiger partial charge in [0, 0.05) is 25.8 Å². The molecule has 2 unspecified atom stereocenters. The molecule has 0 bridgehead atoms. The molecule has 22 heavy (non-hydrogen) atoms. The first-order valence-electron chi connectivity index (χ1n) is 7.37. The molecular weight excluding hydrogens is 282 g/mol. The molecule has 0 aliphatic carbocycles. The van der Waals surface area contributed by atoms with E-state index in [9.17, 15) is 0 Å². The number of aromatic nitrogens is 3. The number of hydrogen-bond acceptors (Lipinski definition) is 6. The summed E-state index contributed by atoms with van der Waals surface area (Å²) in [6, 6.07) is 2.54. The van der Waals surface area contributed by atoms with Gasteiger partial charge < -0.3 is 19.9 Å². The molecule has 120 valence electrons. The second-order valence-corrected chi connectivity index (χ2v) is 5.42. The number of carbonyl (C=O) groups is 1. The van der Waals surface area contributed by atoms with E-state index in [1.807, 2.05) is 12.3 Å². The van der Waals surface area contributed by atoms with Gasteiger partial charge in [-0.2, -0.15) is 0 Å². The van der Waals surface area contributed by atoms with Crippen molar-refractivity contribution in [2.45, 2.75) is 19.4 Å². The molecule has 1 aliphatic heterocycles. The number of fused-ring (bicyclic) bond motifs is 1. The highest BCUT2D eigenvalue weighted by Gasteiger charge is 2.26. The maximum Gasteiger partial charge on any atom is 0.292 e. The molecule has 2 N–H and O–H groups in total. The molecule has 1 saturated heterocycles. The quantitative estimate of drug-likeness (QED) is 0.829. The molecule has 0 amide bonds. The summed E-state index contributed by atoms with van der Waals surface area (Å²) in [5.74, 6) is 1.70. The molecule has 2 aromatic heterocycles. The van der Waals surface area contributed by atoms with Crippen molar-refractivity contribution in [1.82, 2.24) is 20.3 Å². The second-order valence-electron chi connectivity index (χ2n) is 5.42. The summed E-state index contributed by atoms with van der Waals surface area (Å²) in [5, 5.41) is 4.56. The average molecular weight is 305 g/mol. The van der Waals surface area contributed by atoms with Gasteiger partial charge in [-0.15, -0.1) is 0 Å². The van der Waals surface area contributed by atoms with Gasteiger partial charge in [0.1, 0.15) is 17.8 Å². The Morgan fingerprint density at radius 1 is 1.45 bits per heavy atom. The zero-order valence-electron chi connectivity index (χ0n) is 13.2. The van der Waals surface area contributed by atoms with Crippen molar-refractivity contribution in [3.63, 3.8) is 0 Å². The Morgan fingerprint density at radius 3 is 2.91 bits per heavy atom. The first kappa shape index (κ1) is 16.2. The smallest absolute Gasteiger partial charge is 0.292 e. The summed E-state index contributed by atoms with van der Waals surface area (Å²) < 4.78 is 3.86.